The van der Waals surface area contributed by atoms with E-state index in [1.807, 2.05) is 7.11 Å². The highest BCUT2D eigenvalue weighted by Gasteiger charge is 2.59. The number of fused-ring (bicyclic) bond motifs is 5. The Bertz CT molecular complexity index is 649. The first-order valence-electron chi connectivity index (χ1n) is 14.0. The largest absolute Gasteiger partial charge is 0.381 e. The monoisotopic (exact) mass is 428 g/mol. The van der Waals surface area contributed by atoms with Gasteiger partial charge in [0.05, 0.1) is 6.10 Å². The lowest BCUT2D eigenvalue weighted by molar-refractivity contribution is -0.0603. The molecule has 3 saturated carbocycles. The minimum Gasteiger partial charge on any atom is -0.381 e. The summed E-state index contributed by atoms with van der Waals surface area (Å²) in [5.74, 6) is 6.49. The maximum atomic E-state index is 5.77. The Morgan fingerprint density at radius 1 is 1.00 bits per heavy atom. The Morgan fingerprint density at radius 2 is 1.77 bits per heavy atom. The van der Waals surface area contributed by atoms with Crippen LogP contribution in [0.1, 0.15) is 112 Å². The summed E-state index contributed by atoms with van der Waals surface area (Å²) in [5, 5.41) is 0. The van der Waals surface area contributed by atoms with Crippen LogP contribution in [0.4, 0.5) is 0 Å². The highest BCUT2D eigenvalue weighted by molar-refractivity contribution is 5.25. The van der Waals surface area contributed by atoms with E-state index in [1.54, 1.807) is 5.57 Å². The SMILES string of the molecule is CC[C@H](CCC(C)C1CCC2C3CC=C4CC(OC)CCC4(C)C3CCC12C)C(C)C. The van der Waals surface area contributed by atoms with Crippen LogP contribution < -0.4 is 0 Å². The number of ether oxygens (including phenoxy) is 1. The van der Waals surface area contributed by atoms with E-state index in [0.717, 1.165) is 41.4 Å². The Hall–Kier alpha value is -0.300. The van der Waals surface area contributed by atoms with Gasteiger partial charge in [0.1, 0.15) is 0 Å². The van der Waals surface area contributed by atoms with Crippen molar-refractivity contribution in [3.05, 3.63) is 11.6 Å². The Morgan fingerprint density at radius 3 is 2.45 bits per heavy atom. The molecular formula is C30H52O. The molecule has 4 rings (SSSR count). The normalized spacial score (nSPS) is 44.3. The zero-order valence-electron chi connectivity index (χ0n) is 21.9. The van der Waals surface area contributed by atoms with Crippen molar-refractivity contribution in [3.63, 3.8) is 0 Å². The summed E-state index contributed by atoms with van der Waals surface area (Å²) in [6.45, 7) is 15.2. The van der Waals surface area contributed by atoms with E-state index in [9.17, 15) is 0 Å². The van der Waals surface area contributed by atoms with Gasteiger partial charge < -0.3 is 4.74 Å². The number of hydrogen-bond acceptors (Lipinski definition) is 1. The Kier molecular flexibility index (Phi) is 7.04. The van der Waals surface area contributed by atoms with Crippen molar-refractivity contribution in [2.75, 3.05) is 7.11 Å². The summed E-state index contributed by atoms with van der Waals surface area (Å²) in [6.07, 6.45) is 18.6. The molecule has 1 nitrogen and oxygen atoms in total. The molecular weight excluding hydrogens is 376 g/mol. The second-order valence-electron chi connectivity index (χ2n) is 13.1. The van der Waals surface area contributed by atoms with Crippen molar-refractivity contribution in [2.45, 2.75) is 118 Å². The average molecular weight is 429 g/mol. The second-order valence-corrected chi connectivity index (χ2v) is 13.1. The van der Waals surface area contributed by atoms with Crippen LogP contribution in [-0.4, -0.2) is 13.2 Å². The first-order chi connectivity index (χ1) is 14.7. The first kappa shape index (κ1) is 23.8. The van der Waals surface area contributed by atoms with Gasteiger partial charge in [-0.1, -0.05) is 66.0 Å². The van der Waals surface area contributed by atoms with Gasteiger partial charge in [-0.05, 0) is 110 Å². The minimum absolute atomic E-state index is 0.467. The number of allylic oxidation sites excluding steroid dienone is 1. The molecule has 178 valence electrons. The zero-order chi connectivity index (χ0) is 22.4. The smallest absolute Gasteiger partial charge is 0.0608 e. The van der Waals surface area contributed by atoms with Gasteiger partial charge in [0.2, 0.25) is 0 Å². The molecule has 4 aliphatic carbocycles. The summed E-state index contributed by atoms with van der Waals surface area (Å²) in [6, 6.07) is 0. The Balaban J connectivity index is 1.47. The third-order valence-corrected chi connectivity index (χ3v) is 11.6. The fourth-order valence-electron chi connectivity index (χ4n) is 9.49. The van der Waals surface area contributed by atoms with Crippen molar-refractivity contribution in [1.29, 1.82) is 0 Å². The van der Waals surface area contributed by atoms with Crippen LogP contribution in [0, 0.1) is 52.3 Å². The number of hydrogen-bond donors (Lipinski definition) is 0. The summed E-state index contributed by atoms with van der Waals surface area (Å²) in [5.41, 5.74) is 2.83. The van der Waals surface area contributed by atoms with E-state index in [2.05, 4.69) is 47.6 Å². The maximum absolute atomic E-state index is 5.77. The van der Waals surface area contributed by atoms with E-state index in [-0.39, 0.29) is 0 Å². The molecule has 9 atom stereocenters. The standard InChI is InChI=1S/C30H52O/c1-8-22(20(2)3)10-9-21(4)26-13-14-27-25-12-11-23-19-24(31-7)15-17-29(23,5)28(25)16-18-30(26,27)6/h11,20-22,24-28H,8-10,12-19H2,1-7H3/t21?,22-,24?,25?,26?,27?,28?,29?,30?/m1/s1. The quantitative estimate of drug-likeness (QED) is 0.368. The van der Waals surface area contributed by atoms with Crippen molar-refractivity contribution in [3.8, 4) is 0 Å². The summed E-state index contributed by atoms with van der Waals surface area (Å²) >= 11 is 0. The average Bonchev–Trinajstić information content (AvgIpc) is 3.10. The summed E-state index contributed by atoms with van der Waals surface area (Å²) in [4.78, 5) is 0. The van der Waals surface area contributed by atoms with Crippen LogP contribution in [-0.2, 0) is 4.74 Å². The predicted octanol–water partition coefficient (Wildman–Crippen LogP) is 8.68. The van der Waals surface area contributed by atoms with Crippen LogP contribution in [0.25, 0.3) is 0 Å². The molecule has 8 unspecified atom stereocenters. The molecule has 0 bridgehead atoms. The zero-order valence-corrected chi connectivity index (χ0v) is 21.9. The molecule has 0 amide bonds. The van der Waals surface area contributed by atoms with Gasteiger partial charge in [0.25, 0.3) is 0 Å². The lowest BCUT2D eigenvalue weighted by Crippen LogP contribution is -2.51. The minimum atomic E-state index is 0.467. The molecule has 0 aliphatic heterocycles. The molecule has 0 radical (unpaired) electrons. The summed E-state index contributed by atoms with van der Waals surface area (Å²) < 4.78 is 5.77. The fraction of sp³-hybridized carbons (Fsp3) is 0.933. The maximum Gasteiger partial charge on any atom is 0.0608 e. The van der Waals surface area contributed by atoms with Crippen molar-refractivity contribution >= 4 is 0 Å². The van der Waals surface area contributed by atoms with Gasteiger partial charge in [-0.25, -0.2) is 0 Å². The van der Waals surface area contributed by atoms with Gasteiger partial charge in [-0.15, -0.1) is 0 Å². The molecule has 3 fully saturated rings. The van der Waals surface area contributed by atoms with Crippen LogP contribution in [0.2, 0.25) is 0 Å². The predicted molar refractivity (Wildman–Crippen MR) is 133 cm³/mol. The van der Waals surface area contributed by atoms with Gasteiger partial charge in [0.15, 0.2) is 0 Å². The van der Waals surface area contributed by atoms with Gasteiger partial charge in [-0.3, -0.25) is 0 Å². The van der Waals surface area contributed by atoms with E-state index >= 15 is 0 Å². The lowest BCUT2D eigenvalue weighted by Gasteiger charge is -2.58. The molecule has 0 heterocycles. The molecule has 1 heteroatoms. The van der Waals surface area contributed by atoms with Crippen molar-refractivity contribution in [2.24, 2.45) is 52.3 Å². The van der Waals surface area contributed by atoms with Gasteiger partial charge in [0, 0.05) is 7.11 Å². The van der Waals surface area contributed by atoms with E-state index in [4.69, 9.17) is 4.74 Å². The van der Waals surface area contributed by atoms with Crippen molar-refractivity contribution in [1.82, 2.24) is 0 Å². The highest BCUT2D eigenvalue weighted by Crippen LogP contribution is 2.67. The van der Waals surface area contributed by atoms with Crippen LogP contribution in [0.5, 0.6) is 0 Å². The van der Waals surface area contributed by atoms with Crippen molar-refractivity contribution < 1.29 is 4.74 Å². The molecule has 4 aliphatic rings. The lowest BCUT2D eigenvalue weighted by atomic mass is 9.47. The first-order valence-corrected chi connectivity index (χ1v) is 14.0. The molecule has 0 spiro atoms. The number of rotatable bonds is 7. The summed E-state index contributed by atoms with van der Waals surface area (Å²) in [7, 11) is 1.91. The third kappa shape index (κ3) is 4.08. The Labute approximate surface area is 194 Å². The molecule has 31 heavy (non-hydrogen) atoms. The topological polar surface area (TPSA) is 9.23 Å². The molecule has 0 saturated heterocycles. The number of methoxy groups -OCH3 is 1. The fourth-order valence-corrected chi connectivity index (χ4v) is 9.49. The molecule has 0 N–H and O–H groups in total. The van der Waals surface area contributed by atoms with Gasteiger partial charge in [-0.2, -0.15) is 0 Å². The van der Waals surface area contributed by atoms with Crippen LogP contribution >= 0.6 is 0 Å². The van der Waals surface area contributed by atoms with E-state index in [1.165, 1.54) is 70.6 Å². The molecule has 0 aromatic heterocycles. The van der Waals surface area contributed by atoms with Gasteiger partial charge >= 0.3 is 0 Å². The second kappa shape index (κ2) is 9.15. The van der Waals surface area contributed by atoms with E-state index in [0.29, 0.717) is 16.9 Å². The van der Waals surface area contributed by atoms with Crippen LogP contribution in [0.3, 0.4) is 0 Å². The third-order valence-electron chi connectivity index (χ3n) is 11.6. The highest BCUT2D eigenvalue weighted by atomic mass is 16.5. The molecule has 0 aromatic carbocycles. The van der Waals surface area contributed by atoms with Crippen LogP contribution in [0.15, 0.2) is 11.6 Å². The molecule has 0 aromatic rings. The van der Waals surface area contributed by atoms with E-state index < -0.39 is 0 Å².